The molecule has 1 aromatic carbocycles. The van der Waals surface area contributed by atoms with E-state index in [4.69, 9.17) is 0 Å². The Morgan fingerprint density at radius 1 is 1.44 bits per heavy atom. The van der Waals surface area contributed by atoms with Gasteiger partial charge >= 0.3 is 0 Å². The molecule has 0 aromatic heterocycles. The molecule has 0 saturated carbocycles. The van der Waals surface area contributed by atoms with Gasteiger partial charge in [-0.25, -0.2) is 0 Å². The number of fused-ring (bicyclic) bond motifs is 1. The number of hydrogen-bond acceptors (Lipinski definition) is 2. The van der Waals surface area contributed by atoms with E-state index in [1.165, 1.54) is 12.0 Å². The minimum atomic E-state index is 0.193. The van der Waals surface area contributed by atoms with E-state index in [2.05, 4.69) is 18.3 Å². The third kappa shape index (κ3) is 2.09. The highest BCUT2D eigenvalue weighted by Gasteiger charge is 2.23. The first-order valence-corrected chi connectivity index (χ1v) is 6.90. The largest absolute Gasteiger partial charge is 0.384 e. The van der Waals surface area contributed by atoms with Gasteiger partial charge in [-0.2, -0.15) is 0 Å². The third-order valence-electron chi connectivity index (χ3n) is 4.01. The Balaban J connectivity index is 1.79. The molecular weight excluding hydrogens is 224 g/mol. The minimum Gasteiger partial charge on any atom is -0.384 e. The number of amides is 1. The van der Waals surface area contributed by atoms with Crippen LogP contribution in [0.15, 0.2) is 18.2 Å². The molecule has 2 heterocycles. The minimum absolute atomic E-state index is 0.193. The van der Waals surface area contributed by atoms with Gasteiger partial charge in [0.1, 0.15) is 0 Å². The molecule has 3 nitrogen and oxygen atoms in total. The fraction of sp³-hybridized carbons (Fsp3) is 0.533. The average molecular weight is 244 g/mol. The monoisotopic (exact) mass is 244 g/mol. The molecule has 0 aliphatic carbocycles. The summed E-state index contributed by atoms with van der Waals surface area (Å²) >= 11 is 0. The molecule has 2 aliphatic heterocycles. The van der Waals surface area contributed by atoms with E-state index in [-0.39, 0.29) is 5.91 Å². The molecule has 0 radical (unpaired) electrons. The molecule has 1 unspecified atom stereocenters. The predicted molar refractivity (Wildman–Crippen MR) is 72.9 cm³/mol. The Hall–Kier alpha value is -1.51. The third-order valence-corrected chi connectivity index (χ3v) is 4.01. The van der Waals surface area contributed by atoms with Gasteiger partial charge in [-0.1, -0.05) is 13.0 Å². The quantitative estimate of drug-likeness (QED) is 0.823. The first kappa shape index (κ1) is 11.6. The van der Waals surface area contributed by atoms with Crippen molar-refractivity contribution >= 4 is 11.6 Å². The standard InChI is InChI=1S/C15H20N2O/c1-11-3-2-8-17(10-11)15(18)13-5-4-12-6-7-16-14(12)9-13/h4-5,9,11,16H,2-3,6-8,10H2,1H3. The summed E-state index contributed by atoms with van der Waals surface area (Å²) in [4.78, 5) is 14.4. The highest BCUT2D eigenvalue weighted by Crippen LogP contribution is 2.25. The van der Waals surface area contributed by atoms with Gasteiger partial charge in [-0.3, -0.25) is 4.79 Å². The summed E-state index contributed by atoms with van der Waals surface area (Å²) in [6, 6.07) is 6.09. The zero-order chi connectivity index (χ0) is 12.5. The Morgan fingerprint density at radius 3 is 3.17 bits per heavy atom. The lowest BCUT2D eigenvalue weighted by molar-refractivity contribution is 0.0683. The molecule has 96 valence electrons. The van der Waals surface area contributed by atoms with Crippen LogP contribution in [-0.4, -0.2) is 30.4 Å². The fourth-order valence-electron chi connectivity index (χ4n) is 2.98. The summed E-state index contributed by atoms with van der Waals surface area (Å²) in [6.45, 7) is 5.04. The number of rotatable bonds is 1. The number of carbonyl (C=O) groups is 1. The van der Waals surface area contributed by atoms with Gasteiger partial charge in [-0.05, 0) is 42.9 Å². The van der Waals surface area contributed by atoms with Crippen molar-refractivity contribution in [2.75, 3.05) is 25.0 Å². The van der Waals surface area contributed by atoms with Gasteiger partial charge in [0.2, 0.25) is 0 Å². The number of piperidine rings is 1. The van der Waals surface area contributed by atoms with Crippen LogP contribution in [-0.2, 0) is 6.42 Å². The number of nitrogens with zero attached hydrogens (tertiary/aromatic N) is 1. The van der Waals surface area contributed by atoms with Crippen molar-refractivity contribution < 1.29 is 4.79 Å². The molecule has 1 saturated heterocycles. The van der Waals surface area contributed by atoms with Gasteiger partial charge in [0.25, 0.3) is 5.91 Å². The van der Waals surface area contributed by atoms with Gasteiger partial charge in [0.15, 0.2) is 0 Å². The number of hydrogen-bond donors (Lipinski definition) is 1. The molecule has 1 aromatic rings. The number of benzene rings is 1. The van der Waals surface area contributed by atoms with Crippen molar-refractivity contribution in [3.05, 3.63) is 29.3 Å². The molecule has 1 N–H and O–H groups in total. The Bertz CT molecular complexity index is 470. The van der Waals surface area contributed by atoms with Crippen LogP contribution in [0.2, 0.25) is 0 Å². The van der Waals surface area contributed by atoms with Crippen molar-refractivity contribution in [3.8, 4) is 0 Å². The van der Waals surface area contributed by atoms with E-state index < -0.39 is 0 Å². The van der Waals surface area contributed by atoms with Gasteiger partial charge in [0.05, 0.1) is 0 Å². The SMILES string of the molecule is CC1CCCN(C(=O)c2ccc3c(c2)NCC3)C1. The van der Waals surface area contributed by atoms with Crippen molar-refractivity contribution in [3.63, 3.8) is 0 Å². The summed E-state index contributed by atoms with van der Waals surface area (Å²) in [7, 11) is 0. The fourth-order valence-corrected chi connectivity index (χ4v) is 2.98. The average Bonchev–Trinajstić information content (AvgIpc) is 2.85. The van der Waals surface area contributed by atoms with Gasteiger partial charge < -0.3 is 10.2 Å². The summed E-state index contributed by atoms with van der Waals surface area (Å²) in [6.07, 6.45) is 3.45. The molecule has 0 bridgehead atoms. The lowest BCUT2D eigenvalue weighted by atomic mass is 9.99. The molecule has 3 rings (SSSR count). The van der Waals surface area contributed by atoms with E-state index in [1.54, 1.807) is 0 Å². The summed E-state index contributed by atoms with van der Waals surface area (Å²) in [5.74, 6) is 0.827. The molecule has 18 heavy (non-hydrogen) atoms. The Morgan fingerprint density at radius 2 is 2.33 bits per heavy atom. The second-order valence-electron chi connectivity index (χ2n) is 5.55. The molecular formula is C15H20N2O. The highest BCUT2D eigenvalue weighted by molar-refractivity contribution is 5.95. The van der Waals surface area contributed by atoms with Crippen LogP contribution >= 0.6 is 0 Å². The van der Waals surface area contributed by atoms with Gasteiger partial charge in [0, 0.05) is 30.9 Å². The maximum absolute atomic E-state index is 12.4. The van der Waals surface area contributed by atoms with Crippen LogP contribution < -0.4 is 5.32 Å². The molecule has 2 aliphatic rings. The maximum atomic E-state index is 12.4. The van der Waals surface area contributed by atoms with Crippen molar-refractivity contribution in [1.82, 2.24) is 4.90 Å². The van der Waals surface area contributed by atoms with Crippen molar-refractivity contribution in [2.45, 2.75) is 26.2 Å². The summed E-state index contributed by atoms with van der Waals surface area (Å²) in [5, 5.41) is 3.34. The number of nitrogens with one attached hydrogen (secondary N) is 1. The van der Waals surface area contributed by atoms with Crippen LogP contribution in [0.3, 0.4) is 0 Å². The van der Waals surface area contributed by atoms with E-state index in [0.717, 1.165) is 43.7 Å². The molecule has 1 amide bonds. The summed E-state index contributed by atoms with van der Waals surface area (Å²) < 4.78 is 0. The van der Waals surface area contributed by atoms with E-state index in [0.29, 0.717) is 5.92 Å². The molecule has 1 fully saturated rings. The van der Waals surface area contributed by atoms with Crippen LogP contribution in [0.25, 0.3) is 0 Å². The molecule has 0 spiro atoms. The lowest BCUT2D eigenvalue weighted by Gasteiger charge is -2.31. The molecule has 3 heteroatoms. The zero-order valence-electron chi connectivity index (χ0n) is 10.9. The second kappa shape index (κ2) is 4.63. The Labute approximate surface area is 108 Å². The lowest BCUT2D eigenvalue weighted by Crippen LogP contribution is -2.39. The number of anilines is 1. The number of likely N-dealkylation sites (tertiary alicyclic amines) is 1. The van der Waals surface area contributed by atoms with Crippen LogP contribution in [0.5, 0.6) is 0 Å². The Kier molecular flexibility index (Phi) is 2.98. The van der Waals surface area contributed by atoms with Crippen LogP contribution in [0.1, 0.15) is 35.7 Å². The van der Waals surface area contributed by atoms with Crippen molar-refractivity contribution in [2.24, 2.45) is 5.92 Å². The van der Waals surface area contributed by atoms with Crippen LogP contribution in [0, 0.1) is 5.92 Å². The van der Waals surface area contributed by atoms with Crippen LogP contribution in [0.4, 0.5) is 5.69 Å². The van der Waals surface area contributed by atoms with E-state index in [9.17, 15) is 4.79 Å². The maximum Gasteiger partial charge on any atom is 0.253 e. The van der Waals surface area contributed by atoms with Crippen molar-refractivity contribution in [1.29, 1.82) is 0 Å². The topological polar surface area (TPSA) is 32.3 Å². The first-order valence-electron chi connectivity index (χ1n) is 6.90. The normalized spacial score (nSPS) is 22.5. The zero-order valence-corrected chi connectivity index (χ0v) is 10.9. The first-order chi connectivity index (χ1) is 8.74. The van der Waals surface area contributed by atoms with E-state index in [1.807, 2.05) is 17.0 Å². The smallest absolute Gasteiger partial charge is 0.253 e. The second-order valence-corrected chi connectivity index (χ2v) is 5.55. The molecule has 1 atom stereocenters. The number of carbonyl (C=O) groups excluding carboxylic acids is 1. The van der Waals surface area contributed by atoms with E-state index >= 15 is 0 Å². The van der Waals surface area contributed by atoms with Gasteiger partial charge in [-0.15, -0.1) is 0 Å². The summed E-state index contributed by atoms with van der Waals surface area (Å²) in [5.41, 5.74) is 3.31. The predicted octanol–water partition coefficient (Wildman–Crippen LogP) is 2.53. The highest BCUT2D eigenvalue weighted by atomic mass is 16.2.